The zero-order valence-electron chi connectivity index (χ0n) is 17.5. The number of sulfonamides is 1. The molecule has 1 aliphatic rings. The molecule has 2 heterocycles. The predicted octanol–water partition coefficient (Wildman–Crippen LogP) is 2.96. The SMILES string of the molecule is Cc1ccc(S(=O)(=O)N2CCC(Cc3n[nH]c(=O)n3-c3ccccc3F)CC2)c(C)c1. The molecule has 7 nitrogen and oxygen atoms in total. The first-order valence-corrected chi connectivity index (χ1v) is 11.7. The number of halogens is 1. The Kier molecular flexibility index (Phi) is 5.81. The Morgan fingerprint density at radius 3 is 2.52 bits per heavy atom. The maximum absolute atomic E-state index is 14.2. The molecule has 1 fully saturated rings. The summed E-state index contributed by atoms with van der Waals surface area (Å²) in [5, 5.41) is 6.49. The molecule has 9 heteroatoms. The van der Waals surface area contributed by atoms with Gasteiger partial charge in [-0.1, -0.05) is 29.8 Å². The lowest BCUT2D eigenvalue weighted by atomic mass is 9.94. The fourth-order valence-electron chi connectivity index (χ4n) is 4.19. The van der Waals surface area contributed by atoms with Crippen LogP contribution in [0.5, 0.6) is 0 Å². The average molecular weight is 445 g/mol. The van der Waals surface area contributed by atoms with Crippen molar-refractivity contribution in [2.75, 3.05) is 13.1 Å². The minimum Gasteiger partial charge on any atom is -0.246 e. The topological polar surface area (TPSA) is 88.1 Å². The molecule has 4 rings (SSSR count). The maximum Gasteiger partial charge on any atom is 0.348 e. The van der Waals surface area contributed by atoms with Gasteiger partial charge in [0.05, 0.1) is 10.6 Å². The molecule has 1 saturated heterocycles. The van der Waals surface area contributed by atoms with Crippen molar-refractivity contribution in [3.8, 4) is 5.69 Å². The van der Waals surface area contributed by atoms with Crippen molar-refractivity contribution in [2.24, 2.45) is 5.92 Å². The van der Waals surface area contributed by atoms with E-state index in [9.17, 15) is 17.6 Å². The normalized spacial score (nSPS) is 16.0. The lowest BCUT2D eigenvalue weighted by Gasteiger charge is -2.31. The van der Waals surface area contributed by atoms with Gasteiger partial charge in [0.2, 0.25) is 10.0 Å². The van der Waals surface area contributed by atoms with Crippen molar-refractivity contribution in [3.05, 3.63) is 75.7 Å². The van der Waals surface area contributed by atoms with Gasteiger partial charge in [-0.25, -0.2) is 27.3 Å². The van der Waals surface area contributed by atoms with Crippen molar-refractivity contribution in [2.45, 2.75) is 38.0 Å². The van der Waals surface area contributed by atoms with Gasteiger partial charge in [-0.3, -0.25) is 0 Å². The van der Waals surface area contributed by atoms with Gasteiger partial charge in [-0.05, 0) is 56.4 Å². The van der Waals surface area contributed by atoms with Crippen LogP contribution in [0.2, 0.25) is 0 Å². The summed E-state index contributed by atoms with van der Waals surface area (Å²) in [7, 11) is -3.55. The highest BCUT2D eigenvalue weighted by molar-refractivity contribution is 7.89. The van der Waals surface area contributed by atoms with E-state index in [0.717, 1.165) is 11.1 Å². The summed E-state index contributed by atoms with van der Waals surface area (Å²) in [4.78, 5) is 12.6. The van der Waals surface area contributed by atoms with E-state index in [0.29, 0.717) is 43.1 Å². The van der Waals surface area contributed by atoms with E-state index >= 15 is 0 Å². The fraction of sp³-hybridized carbons (Fsp3) is 0.364. The Hall–Kier alpha value is -2.78. The monoisotopic (exact) mass is 444 g/mol. The van der Waals surface area contributed by atoms with Gasteiger partial charge in [0.25, 0.3) is 0 Å². The second-order valence-corrected chi connectivity index (χ2v) is 9.96. The van der Waals surface area contributed by atoms with Crippen LogP contribution in [0.15, 0.2) is 52.2 Å². The van der Waals surface area contributed by atoms with Crippen LogP contribution in [0.1, 0.15) is 29.8 Å². The molecule has 0 aliphatic carbocycles. The zero-order valence-corrected chi connectivity index (χ0v) is 18.3. The number of benzene rings is 2. The Morgan fingerprint density at radius 2 is 1.84 bits per heavy atom. The molecule has 164 valence electrons. The lowest BCUT2D eigenvalue weighted by Crippen LogP contribution is -2.39. The molecule has 2 aromatic carbocycles. The molecule has 0 spiro atoms. The predicted molar refractivity (Wildman–Crippen MR) is 115 cm³/mol. The van der Waals surface area contributed by atoms with E-state index in [1.807, 2.05) is 26.0 Å². The van der Waals surface area contributed by atoms with Crippen molar-refractivity contribution in [3.63, 3.8) is 0 Å². The van der Waals surface area contributed by atoms with Gasteiger partial charge >= 0.3 is 5.69 Å². The smallest absolute Gasteiger partial charge is 0.246 e. The molecular formula is C22H25FN4O3S. The molecule has 0 amide bonds. The third-order valence-electron chi connectivity index (χ3n) is 5.83. The molecular weight excluding hydrogens is 419 g/mol. The highest BCUT2D eigenvalue weighted by atomic mass is 32.2. The lowest BCUT2D eigenvalue weighted by molar-refractivity contribution is 0.269. The number of aryl methyl sites for hydroxylation is 2. The van der Waals surface area contributed by atoms with Crippen molar-refractivity contribution in [1.82, 2.24) is 19.1 Å². The second-order valence-electron chi connectivity index (χ2n) is 8.05. The van der Waals surface area contributed by atoms with Gasteiger partial charge in [0.15, 0.2) is 0 Å². The maximum atomic E-state index is 14.2. The number of aromatic amines is 1. The molecule has 0 saturated carbocycles. The van der Waals surface area contributed by atoms with Crippen LogP contribution in [0.25, 0.3) is 5.69 Å². The standard InChI is InChI=1S/C22H25FN4O3S/c1-15-7-8-20(16(2)13-15)31(29,30)26-11-9-17(10-12-26)14-21-24-25-22(28)27(21)19-6-4-3-5-18(19)23/h3-8,13,17H,9-12,14H2,1-2H3,(H,25,28). The van der Waals surface area contributed by atoms with Crippen LogP contribution in [0.4, 0.5) is 4.39 Å². The first-order valence-electron chi connectivity index (χ1n) is 10.3. The van der Waals surface area contributed by atoms with E-state index in [1.54, 1.807) is 18.2 Å². The highest BCUT2D eigenvalue weighted by Crippen LogP contribution is 2.28. The van der Waals surface area contributed by atoms with Gasteiger partial charge in [0.1, 0.15) is 11.6 Å². The van der Waals surface area contributed by atoms with Crippen LogP contribution in [-0.2, 0) is 16.4 Å². The molecule has 0 bridgehead atoms. The number of H-pyrrole nitrogens is 1. The summed E-state index contributed by atoms with van der Waals surface area (Å²) in [6.45, 7) is 4.54. The summed E-state index contributed by atoms with van der Waals surface area (Å²) in [5.74, 6) is 0.0960. The average Bonchev–Trinajstić information content (AvgIpc) is 3.08. The second kappa shape index (κ2) is 8.39. The fourth-order valence-corrected chi connectivity index (χ4v) is 5.86. The Balaban J connectivity index is 1.49. The molecule has 0 atom stereocenters. The number of piperidine rings is 1. The summed E-state index contributed by atoms with van der Waals surface area (Å²) in [5.41, 5.74) is 1.43. The van der Waals surface area contributed by atoms with Gasteiger partial charge < -0.3 is 0 Å². The van der Waals surface area contributed by atoms with Crippen LogP contribution in [0.3, 0.4) is 0 Å². The Bertz CT molecular complexity index is 1260. The van der Waals surface area contributed by atoms with Crippen LogP contribution >= 0.6 is 0 Å². The van der Waals surface area contributed by atoms with E-state index in [4.69, 9.17) is 0 Å². The minimum atomic E-state index is -3.55. The Labute approximate surface area is 180 Å². The summed E-state index contributed by atoms with van der Waals surface area (Å²) in [6.07, 6.45) is 1.75. The van der Waals surface area contributed by atoms with Crippen LogP contribution in [-0.4, -0.2) is 40.6 Å². The number of nitrogens with one attached hydrogen (secondary N) is 1. The van der Waals surface area contributed by atoms with Gasteiger partial charge in [-0.15, -0.1) is 0 Å². The number of hydrogen-bond donors (Lipinski definition) is 1. The summed E-state index contributed by atoms with van der Waals surface area (Å²) < 4.78 is 43.2. The van der Waals surface area contributed by atoms with Crippen LogP contribution < -0.4 is 5.69 Å². The zero-order chi connectivity index (χ0) is 22.2. The molecule has 31 heavy (non-hydrogen) atoms. The molecule has 1 aromatic heterocycles. The van der Waals surface area contributed by atoms with Gasteiger partial charge in [0, 0.05) is 19.5 Å². The van der Waals surface area contributed by atoms with Gasteiger partial charge in [-0.2, -0.15) is 9.40 Å². The number of hydrogen-bond acceptors (Lipinski definition) is 4. The van der Waals surface area contributed by atoms with E-state index in [-0.39, 0.29) is 11.6 Å². The molecule has 0 radical (unpaired) electrons. The molecule has 1 N–H and O–H groups in total. The number of para-hydroxylation sites is 1. The first-order chi connectivity index (χ1) is 14.8. The minimum absolute atomic E-state index is 0.145. The van der Waals surface area contributed by atoms with E-state index < -0.39 is 21.5 Å². The summed E-state index contributed by atoms with van der Waals surface area (Å²) in [6, 6.07) is 11.4. The molecule has 1 aliphatic heterocycles. The molecule has 0 unspecified atom stereocenters. The van der Waals surface area contributed by atoms with Crippen molar-refractivity contribution >= 4 is 10.0 Å². The van der Waals surface area contributed by atoms with Crippen molar-refractivity contribution < 1.29 is 12.8 Å². The third kappa shape index (κ3) is 4.20. The number of rotatable bonds is 5. The number of nitrogens with zero attached hydrogens (tertiary/aromatic N) is 3. The number of aromatic nitrogens is 3. The Morgan fingerprint density at radius 1 is 1.13 bits per heavy atom. The highest BCUT2D eigenvalue weighted by Gasteiger charge is 2.31. The van der Waals surface area contributed by atoms with E-state index in [2.05, 4.69) is 10.2 Å². The third-order valence-corrected chi connectivity index (χ3v) is 7.89. The quantitative estimate of drug-likeness (QED) is 0.655. The van der Waals surface area contributed by atoms with Crippen LogP contribution in [0, 0.1) is 25.6 Å². The first kappa shape index (κ1) is 21.5. The molecule has 3 aromatic rings. The summed E-state index contributed by atoms with van der Waals surface area (Å²) >= 11 is 0. The van der Waals surface area contributed by atoms with Crippen molar-refractivity contribution in [1.29, 1.82) is 0 Å². The van der Waals surface area contributed by atoms with E-state index in [1.165, 1.54) is 21.0 Å². The largest absolute Gasteiger partial charge is 0.348 e.